The van der Waals surface area contributed by atoms with E-state index in [1.54, 1.807) is 6.07 Å². The molecular weight excluding hydrogens is 314 g/mol. The number of amides is 1. The summed E-state index contributed by atoms with van der Waals surface area (Å²) < 4.78 is 5.62. The van der Waals surface area contributed by atoms with Crippen molar-refractivity contribution in [2.24, 2.45) is 0 Å². The monoisotopic (exact) mass is 335 g/mol. The Labute approximate surface area is 141 Å². The molecule has 0 saturated carbocycles. The second-order valence-electron chi connectivity index (χ2n) is 5.36. The molecule has 0 N–H and O–H groups in total. The Morgan fingerprint density at radius 3 is 2.52 bits per heavy atom. The SMILES string of the molecule is CCCN(CCC)C(=O)CCc1nnc(-c2ccccc2Cl)o1. The molecule has 0 fully saturated rings. The summed E-state index contributed by atoms with van der Waals surface area (Å²) in [6, 6.07) is 7.31. The molecule has 0 atom stereocenters. The van der Waals surface area contributed by atoms with Gasteiger partial charge >= 0.3 is 0 Å². The second kappa shape index (κ2) is 8.67. The molecule has 1 heterocycles. The van der Waals surface area contributed by atoms with E-state index in [0.717, 1.165) is 25.9 Å². The van der Waals surface area contributed by atoms with Gasteiger partial charge in [0.1, 0.15) is 0 Å². The maximum Gasteiger partial charge on any atom is 0.249 e. The van der Waals surface area contributed by atoms with E-state index in [1.165, 1.54) is 0 Å². The van der Waals surface area contributed by atoms with Gasteiger partial charge in [-0.2, -0.15) is 0 Å². The van der Waals surface area contributed by atoms with Crippen LogP contribution < -0.4 is 0 Å². The predicted octanol–water partition coefficient (Wildman–Crippen LogP) is 3.97. The number of aryl methyl sites for hydroxylation is 1. The van der Waals surface area contributed by atoms with E-state index < -0.39 is 0 Å². The van der Waals surface area contributed by atoms with E-state index in [-0.39, 0.29) is 5.91 Å². The second-order valence-corrected chi connectivity index (χ2v) is 5.77. The zero-order chi connectivity index (χ0) is 16.7. The third kappa shape index (κ3) is 4.79. The molecule has 0 aliphatic heterocycles. The summed E-state index contributed by atoms with van der Waals surface area (Å²) >= 11 is 6.12. The van der Waals surface area contributed by atoms with Gasteiger partial charge in [0.2, 0.25) is 17.7 Å². The first kappa shape index (κ1) is 17.5. The van der Waals surface area contributed by atoms with Crippen LogP contribution in [0.15, 0.2) is 28.7 Å². The third-order valence-corrected chi connectivity index (χ3v) is 3.79. The lowest BCUT2D eigenvalue weighted by atomic mass is 10.2. The van der Waals surface area contributed by atoms with Crippen molar-refractivity contribution < 1.29 is 9.21 Å². The number of carbonyl (C=O) groups excluding carboxylic acids is 1. The Morgan fingerprint density at radius 2 is 1.87 bits per heavy atom. The number of halogens is 1. The molecule has 0 radical (unpaired) electrons. The van der Waals surface area contributed by atoms with Gasteiger partial charge in [-0.3, -0.25) is 4.79 Å². The van der Waals surface area contributed by atoms with Crippen LogP contribution in [0, 0.1) is 0 Å². The molecule has 1 aromatic carbocycles. The summed E-state index contributed by atoms with van der Waals surface area (Å²) in [5.41, 5.74) is 0.706. The van der Waals surface area contributed by atoms with E-state index in [0.29, 0.717) is 35.2 Å². The number of hydrogen-bond acceptors (Lipinski definition) is 4. The predicted molar refractivity (Wildman–Crippen MR) is 90.2 cm³/mol. The van der Waals surface area contributed by atoms with Crippen molar-refractivity contribution in [1.29, 1.82) is 0 Å². The normalized spacial score (nSPS) is 10.7. The molecule has 23 heavy (non-hydrogen) atoms. The summed E-state index contributed by atoms with van der Waals surface area (Å²) in [6.07, 6.45) is 2.75. The van der Waals surface area contributed by atoms with Gasteiger partial charge in [0, 0.05) is 25.9 Å². The van der Waals surface area contributed by atoms with Gasteiger partial charge in [-0.05, 0) is 25.0 Å². The number of aromatic nitrogens is 2. The smallest absolute Gasteiger partial charge is 0.249 e. The Hall–Kier alpha value is -1.88. The van der Waals surface area contributed by atoms with Crippen LogP contribution in [0.2, 0.25) is 5.02 Å². The van der Waals surface area contributed by atoms with Crippen LogP contribution >= 0.6 is 11.6 Å². The van der Waals surface area contributed by atoms with E-state index in [2.05, 4.69) is 24.0 Å². The highest BCUT2D eigenvalue weighted by Crippen LogP contribution is 2.26. The molecule has 2 aromatic rings. The minimum atomic E-state index is 0.131. The Balaban J connectivity index is 1.97. The number of rotatable bonds is 8. The minimum absolute atomic E-state index is 0.131. The molecule has 5 nitrogen and oxygen atoms in total. The van der Waals surface area contributed by atoms with E-state index in [4.69, 9.17) is 16.0 Å². The van der Waals surface area contributed by atoms with Crippen molar-refractivity contribution in [2.75, 3.05) is 13.1 Å². The average Bonchev–Trinajstić information content (AvgIpc) is 3.01. The van der Waals surface area contributed by atoms with Crippen LogP contribution in [0.1, 0.15) is 39.0 Å². The Bertz CT molecular complexity index is 636. The van der Waals surface area contributed by atoms with Crippen LogP contribution in [-0.4, -0.2) is 34.1 Å². The molecule has 0 spiro atoms. The molecule has 0 aliphatic carbocycles. The van der Waals surface area contributed by atoms with Crippen molar-refractivity contribution in [1.82, 2.24) is 15.1 Å². The third-order valence-electron chi connectivity index (χ3n) is 3.46. The summed E-state index contributed by atoms with van der Waals surface area (Å²) in [6.45, 7) is 5.73. The van der Waals surface area contributed by atoms with E-state index in [9.17, 15) is 4.79 Å². The lowest BCUT2D eigenvalue weighted by Crippen LogP contribution is -2.32. The van der Waals surface area contributed by atoms with E-state index in [1.807, 2.05) is 23.1 Å². The van der Waals surface area contributed by atoms with Gasteiger partial charge in [-0.25, -0.2) is 0 Å². The van der Waals surface area contributed by atoms with E-state index >= 15 is 0 Å². The first-order chi connectivity index (χ1) is 11.2. The Morgan fingerprint density at radius 1 is 1.17 bits per heavy atom. The molecule has 1 amide bonds. The molecule has 0 aliphatic rings. The first-order valence-electron chi connectivity index (χ1n) is 8.00. The average molecular weight is 336 g/mol. The topological polar surface area (TPSA) is 59.2 Å². The fourth-order valence-electron chi connectivity index (χ4n) is 2.37. The van der Waals surface area contributed by atoms with Gasteiger partial charge < -0.3 is 9.32 Å². The molecule has 124 valence electrons. The molecule has 0 unspecified atom stereocenters. The van der Waals surface area contributed by atoms with Crippen molar-refractivity contribution >= 4 is 17.5 Å². The van der Waals surface area contributed by atoms with Gasteiger partial charge in [0.15, 0.2) is 0 Å². The lowest BCUT2D eigenvalue weighted by Gasteiger charge is -2.21. The molecule has 2 rings (SSSR count). The highest BCUT2D eigenvalue weighted by Gasteiger charge is 2.15. The minimum Gasteiger partial charge on any atom is -0.421 e. The fraction of sp³-hybridized carbons (Fsp3) is 0.471. The molecule has 0 saturated heterocycles. The zero-order valence-corrected chi connectivity index (χ0v) is 14.3. The van der Waals surface area contributed by atoms with Crippen molar-refractivity contribution in [3.8, 4) is 11.5 Å². The molecule has 6 heteroatoms. The molecule has 0 bridgehead atoms. The highest BCUT2D eigenvalue weighted by atomic mass is 35.5. The molecule has 1 aromatic heterocycles. The summed E-state index contributed by atoms with van der Waals surface area (Å²) in [7, 11) is 0. The quantitative estimate of drug-likeness (QED) is 0.732. The summed E-state index contributed by atoms with van der Waals surface area (Å²) in [4.78, 5) is 14.1. The maximum atomic E-state index is 12.2. The zero-order valence-electron chi connectivity index (χ0n) is 13.6. The van der Waals surface area contributed by atoms with Crippen LogP contribution in [-0.2, 0) is 11.2 Å². The fourth-order valence-corrected chi connectivity index (χ4v) is 2.59. The van der Waals surface area contributed by atoms with Crippen LogP contribution in [0.3, 0.4) is 0 Å². The van der Waals surface area contributed by atoms with Gasteiger partial charge in [0.25, 0.3) is 0 Å². The highest BCUT2D eigenvalue weighted by molar-refractivity contribution is 6.33. The lowest BCUT2D eigenvalue weighted by molar-refractivity contribution is -0.131. The van der Waals surface area contributed by atoms with Gasteiger partial charge in [0.05, 0.1) is 10.6 Å². The summed E-state index contributed by atoms with van der Waals surface area (Å²) in [5.74, 6) is 0.976. The van der Waals surface area contributed by atoms with Crippen LogP contribution in [0.25, 0.3) is 11.5 Å². The van der Waals surface area contributed by atoms with Crippen molar-refractivity contribution in [2.45, 2.75) is 39.5 Å². The summed E-state index contributed by atoms with van der Waals surface area (Å²) in [5, 5.41) is 8.59. The van der Waals surface area contributed by atoms with Crippen LogP contribution in [0.5, 0.6) is 0 Å². The van der Waals surface area contributed by atoms with Gasteiger partial charge in [-0.1, -0.05) is 37.6 Å². The first-order valence-corrected chi connectivity index (χ1v) is 8.38. The largest absolute Gasteiger partial charge is 0.421 e. The standard InChI is InChI=1S/C17H22ClN3O2/c1-3-11-21(12-4-2)16(22)10-9-15-19-20-17(23-15)13-7-5-6-8-14(13)18/h5-8H,3-4,9-12H2,1-2H3. The molecular formula is C17H22ClN3O2. The maximum absolute atomic E-state index is 12.2. The Kier molecular flexibility index (Phi) is 6.59. The van der Waals surface area contributed by atoms with Crippen molar-refractivity contribution in [3.63, 3.8) is 0 Å². The number of carbonyl (C=O) groups is 1. The van der Waals surface area contributed by atoms with Gasteiger partial charge in [-0.15, -0.1) is 10.2 Å². The van der Waals surface area contributed by atoms with Crippen molar-refractivity contribution in [3.05, 3.63) is 35.2 Å². The number of hydrogen-bond donors (Lipinski definition) is 0. The number of benzene rings is 1. The number of nitrogens with zero attached hydrogens (tertiary/aromatic N) is 3. The van der Waals surface area contributed by atoms with Crippen LogP contribution in [0.4, 0.5) is 0 Å².